The lowest BCUT2D eigenvalue weighted by molar-refractivity contribution is -0.130. The Hall–Kier alpha value is -7.88. The Morgan fingerprint density at radius 3 is 1.50 bits per heavy atom. The van der Waals surface area contributed by atoms with E-state index in [9.17, 15) is 28.9 Å². The number of ether oxygens (including phenoxy) is 2. The van der Waals surface area contributed by atoms with Gasteiger partial charge in [0, 0.05) is 37.9 Å². The molecule has 0 radical (unpaired) electrons. The summed E-state index contributed by atoms with van der Waals surface area (Å²) in [5.41, 5.74) is 2.75. The Bertz CT molecular complexity index is 2640. The monoisotopic (exact) mass is 872 g/mol. The van der Waals surface area contributed by atoms with Gasteiger partial charge in [0.05, 0.1) is 70.8 Å². The number of halogens is 2. The summed E-state index contributed by atoms with van der Waals surface area (Å²) in [6.07, 6.45) is 12.8. The lowest BCUT2D eigenvalue weighted by atomic mass is 10.1. The highest BCUT2D eigenvalue weighted by atomic mass is 19.1. The summed E-state index contributed by atoms with van der Waals surface area (Å²) in [4.78, 5) is 50.5. The number of nitrogens with one attached hydrogen (secondary N) is 4. The van der Waals surface area contributed by atoms with Crippen LogP contribution in [0.3, 0.4) is 0 Å². The number of carbonyl (C=O) groups is 2. The zero-order valence-electron chi connectivity index (χ0n) is 34.3. The molecule has 8 heterocycles. The molecule has 4 atom stereocenters. The minimum atomic E-state index is -1.29. The zero-order chi connectivity index (χ0) is 44.5. The SMILES string of the molecule is C=CC(=O)N1CC[C@@H](F)[C@H](Oc2nc(Nc3cnn(C4CC4)c3)nc3[nH]cc(C#N)c23)C1.C=CC(=O)N1CC[C@H](F)[C@@H](Oc2nc(Nc3cnn(C4CC4)c3)nc3[nH]cc(C#N)c23)C1. The van der Waals surface area contributed by atoms with Gasteiger partial charge >= 0.3 is 0 Å². The van der Waals surface area contributed by atoms with Crippen LogP contribution in [0.25, 0.3) is 22.1 Å². The van der Waals surface area contributed by atoms with Crippen LogP contribution in [0.15, 0.2) is 62.5 Å². The van der Waals surface area contributed by atoms with Crippen molar-refractivity contribution in [1.29, 1.82) is 10.5 Å². The molecule has 64 heavy (non-hydrogen) atoms. The molecule has 0 unspecified atom stereocenters. The van der Waals surface area contributed by atoms with Gasteiger partial charge in [-0.15, -0.1) is 0 Å². The molecule has 20 nitrogen and oxygen atoms in total. The van der Waals surface area contributed by atoms with E-state index in [0.717, 1.165) is 25.7 Å². The van der Waals surface area contributed by atoms with Crippen LogP contribution in [0.5, 0.6) is 11.8 Å². The van der Waals surface area contributed by atoms with Gasteiger partial charge in [0.1, 0.15) is 48.0 Å². The lowest BCUT2D eigenvalue weighted by Crippen LogP contribution is -2.49. The molecule has 22 heteroatoms. The van der Waals surface area contributed by atoms with Crippen molar-refractivity contribution in [3.8, 4) is 23.9 Å². The number of fused-ring (bicyclic) bond motifs is 2. The summed E-state index contributed by atoms with van der Waals surface area (Å²) in [6, 6.07) is 5.01. The highest BCUT2D eigenvalue weighted by Crippen LogP contribution is 2.37. The summed E-state index contributed by atoms with van der Waals surface area (Å²) in [6.45, 7) is 7.66. The number of aromatic amines is 2. The maximum absolute atomic E-state index is 14.7. The number of aromatic nitrogens is 10. The molecular weight excluding hydrogens is 831 g/mol. The van der Waals surface area contributed by atoms with Crippen molar-refractivity contribution in [3.63, 3.8) is 0 Å². The van der Waals surface area contributed by atoms with Crippen molar-refractivity contribution in [3.05, 3.63) is 73.6 Å². The van der Waals surface area contributed by atoms with Crippen molar-refractivity contribution in [2.45, 2.75) is 75.2 Å². The van der Waals surface area contributed by atoms with Gasteiger partial charge in [0.2, 0.25) is 35.5 Å². The number of carbonyl (C=O) groups excluding carboxylic acids is 2. The summed E-state index contributed by atoms with van der Waals surface area (Å²) in [5.74, 6) is 0.0233. The first-order valence-electron chi connectivity index (χ1n) is 20.8. The number of amides is 2. The second-order valence-corrected chi connectivity index (χ2v) is 15.8. The number of rotatable bonds is 12. The number of piperidine rings is 2. The molecule has 10 rings (SSSR count). The maximum Gasteiger partial charge on any atom is 0.246 e. The second kappa shape index (κ2) is 17.5. The summed E-state index contributed by atoms with van der Waals surface area (Å²) < 4.78 is 45.1. The van der Waals surface area contributed by atoms with Crippen LogP contribution in [-0.4, -0.2) is 122 Å². The molecule has 2 aliphatic heterocycles. The van der Waals surface area contributed by atoms with E-state index < -0.39 is 24.6 Å². The molecule has 4 fully saturated rings. The van der Waals surface area contributed by atoms with Crippen LogP contribution >= 0.6 is 0 Å². The molecule has 2 saturated carbocycles. The third kappa shape index (κ3) is 8.75. The molecule has 2 saturated heterocycles. The Balaban J connectivity index is 0.000000162. The highest BCUT2D eigenvalue weighted by Gasteiger charge is 2.35. The number of nitrogens with zero attached hydrogens (tertiary/aromatic N) is 12. The first-order chi connectivity index (χ1) is 31.1. The number of hydrogen-bond acceptors (Lipinski definition) is 14. The Morgan fingerprint density at radius 1 is 0.703 bits per heavy atom. The number of nitriles is 2. The van der Waals surface area contributed by atoms with Gasteiger partial charge in [-0.05, 0) is 50.7 Å². The molecule has 4 N–H and O–H groups in total. The minimum absolute atomic E-state index is 0.0563. The van der Waals surface area contributed by atoms with Crippen LogP contribution in [0.4, 0.5) is 32.1 Å². The molecule has 328 valence electrons. The molecule has 2 amide bonds. The normalized spacial score (nSPS) is 20.7. The minimum Gasteiger partial charge on any atom is -0.469 e. The van der Waals surface area contributed by atoms with Crippen LogP contribution < -0.4 is 20.1 Å². The summed E-state index contributed by atoms with van der Waals surface area (Å²) >= 11 is 0. The van der Waals surface area contributed by atoms with Crippen molar-refractivity contribution >= 4 is 57.2 Å². The Kier molecular flexibility index (Phi) is 11.3. The second-order valence-electron chi connectivity index (χ2n) is 15.8. The van der Waals surface area contributed by atoms with Crippen LogP contribution in [0, 0.1) is 22.7 Å². The Morgan fingerprint density at radius 2 is 1.12 bits per heavy atom. The molecule has 2 aliphatic carbocycles. The van der Waals surface area contributed by atoms with Crippen LogP contribution in [0.1, 0.15) is 61.7 Å². The van der Waals surface area contributed by atoms with Gasteiger partial charge in [0.15, 0.2) is 0 Å². The topological polar surface area (TPSA) is 250 Å². The standard InChI is InChI=1S/2C21H21FN8O2/c2*1-2-17(31)29-6-5-15(22)16(11-29)32-20-18-12(7-23)8-24-19(18)27-21(28-20)26-13-9-25-30(10-13)14-3-4-14/h2*2,8-10,14-16H,1,3-6,11H2,(H2,24,26,27,28)/t2*15-,16-/m10/s1. The predicted octanol–water partition coefficient (Wildman–Crippen LogP) is 5.22. The number of anilines is 4. The Labute approximate surface area is 363 Å². The molecule has 0 aromatic carbocycles. The number of alkyl halides is 2. The summed E-state index contributed by atoms with van der Waals surface area (Å²) in [7, 11) is 0. The smallest absolute Gasteiger partial charge is 0.246 e. The van der Waals surface area contributed by atoms with E-state index in [0.29, 0.717) is 45.5 Å². The zero-order valence-corrected chi connectivity index (χ0v) is 34.3. The summed E-state index contributed by atoms with van der Waals surface area (Å²) in [5, 5.41) is 34.5. The van der Waals surface area contributed by atoms with Gasteiger partial charge in [-0.3, -0.25) is 19.0 Å². The van der Waals surface area contributed by atoms with Gasteiger partial charge in [-0.2, -0.15) is 40.7 Å². The largest absolute Gasteiger partial charge is 0.469 e. The maximum atomic E-state index is 14.7. The number of likely N-dealkylation sites (tertiary alicyclic amines) is 2. The van der Waals surface area contributed by atoms with E-state index in [2.05, 4.69) is 76.0 Å². The quantitative estimate of drug-likeness (QED) is 0.115. The fourth-order valence-corrected chi connectivity index (χ4v) is 7.54. The van der Waals surface area contributed by atoms with Crippen LogP contribution in [0.2, 0.25) is 0 Å². The van der Waals surface area contributed by atoms with E-state index in [-0.39, 0.29) is 85.6 Å². The molecule has 4 aliphatic rings. The third-order valence-corrected chi connectivity index (χ3v) is 11.3. The van der Waals surface area contributed by atoms with Crippen molar-refractivity contribution < 1.29 is 27.8 Å². The molecule has 0 spiro atoms. The van der Waals surface area contributed by atoms with E-state index in [1.807, 2.05) is 21.8 Å². The first kappa shape index (κ1) is 41.5. The average molecular weight is 873 g/mol. The van der Waals surface area contributed by atoms with Gasteiger partial charge in [0.25, 0.3) is 0 Å². The predicted molar refractivity (Wildman–Crippen MR) is 226 cm³/mol. The van der Waals surface area contributed by atoms with E-state index >= 15 is 0 Å². The molecular formula is C42H42F2N16O4. The van der Waals surface area contributed by atoms with E-state index in [4.69, 9.17) is 9.47 Å². The third-order valence-electron chi connectivity index (χ3n) is 11.3. The fourth-order valence-electron chi connectivity index (χ4n) is 7.54. The molecule has 0 bridgehead atoms. The highest BCUT2D eigenvalue weighted by molar-refractivity contribution is 5.90. The van der Waals surface area contributed by atoms with Crippen molar-refractivity contribution in [1.82, 2.24) is 59.3 Å². The van der Waals surface area contributed by atoms with Crippen molar-refractivity contribution in [2.24, 2.45) is 0 Å². The fraction of sp³-hybridized carbons (Fsp3) is 0.381. The molecule has 6 aromatic heterocycles. The number of hydrogen-bond donors (Lipinski definition) is 4. The van der Waals surface area contributed by atoms with Gasteiger partial charge in [-0.25, -0.2) is 8.78 Å². The average Bonchev–Trinajstić information content (AvgIpc) is 4.13. The van der Waals surface area contributed by atoms with E-state index in [1.54, 1.807) is 12.4 Å². The van der Waals surface area contributed by atoms with Crippen molar-refractivity contribution in [2.75, 3.05) is 36.8 Å². The van der Waals surface area contributed by atoms with E-state index in [1.165, 1.54) is 34.3 Å². The van der Waals surface area contributed by atoms with Gasteiger partial charge in [-0.1, -0.05) is 13.2 Å². The first-order valence-corrected chi connectivity index (χ1v) is 20.8. The molecule has 6 aromatic rings. The van der Waals surface area contributed by atoms with Gasteiger partial charge < -0.3 is 39.9 Å². The lowest BCUT2D eigenvalue weighted by Gasteiger charge is -2.34. The number of H-pyrrole nitrogens is 2. The van der Waals surface area contributed by atoms with Crippen LogP contribution in [-0.2, 0) is 9.59 Å².